The van der Waals surface area contributed by atoms with Crippen molar-refractivity contribution in [2.75, 3.05) is 6.54 Å². The Morgan fingerprint density at radius 3 is 2.59 bits per heavy atom. The molecule has 1 aliphatic rings. The lowest BCUT2D eigenvalue weighted by Crippen LogP contribution is -2.37. The van der Waals surface area contributed by atoms with Crippen LogP contribution < -0.4 is 0 Å². The number of nitrogens with zero attached hydrogens (tertiary/aromatic N) is 1. The fourth-order valence-electron chi connectivity index (χ4n) is 2.07. The summed E-state index contributed by atoms with van der Waals surface area (Å²) in [7, 11) is 0. The van der Waals surface area contributed by atoms with E-state index in [0.29, 0.717) is 19.5 Å². The number of hydrogen-bond donors (Lipinski definition) is 1. The first-order valence-corrected chi connectivity index (χ1v) is 5.61. The van der Waals surface area contributed by atoms with Crippen molar-refractivity contribution in [3.05, 3.63) is 35.9 Å². The van der Waals surface area contributed by atoms with Crippen LogP contribution in [-0.2, 0) is 16.1 Å². The second-order valence-electron chi connectivity index (χ2n) is 4.60. The minimum absolute atomic E-state index is 0.283. The molecule has 1 aliphatic heterocycles. The van der Waals surface area contributed by atoms with Gasteiger partial charge in [-0.3, -0.25) is 9.59 Å². The molecule has 0 spiro atoms. The smallest absolute Gasteiger partial charge is 0.318 e. The maximum absolute atomic E-state index is 12.0. The zero-order valence-electron chi connectivity index (χ0n) is 9.72. The Morgan fingerprint density at radius 2 is 2.06 bits per heavy atom. The van der Waals surface area contributed by atoms with Crippen LogP contribution in [0.4, 0.5) is 0 Å². The largest absolute Gasteiger partial charge is 0.480 e. The molecule has 1 aromatic rings. The minimum atomic E-state index is -1.24. The van der Waals surface area contributed by atoms with Crippen molar-refractivity contribution in [3.63, 3.8) is 0 Å². The predicted octanol–water partition coefficient (Wildman–Crippen LogP) is 1.51. The van der Waals surface area contributed by atoms with Gasteiger partial charge in [-0.25, -0.2) is 0 Å². The lowest BCUT2D eigenvalue weighted by Gasteiger charge is -2.19. The van der Waals surface area contributed by atoms with Crippen LogP contribution in [0.3, 0.4) is 0 Å². The first kappa shape index (κ1) is 11.6. The van der Waals surface area contributed by atoms with E-state index in [2.05, 4.69) is 0 Å². The summed E-state index contributed by atoms with van der Waals surface area (Å²) in [6, 6.07) is 9.60. The molecular formula is C13H15NO3. The molecule has 0 radical (unpaired) electrons. The monoisotopic (exact) mass is 233 g/mol. The van der Waals surface area contributed by atoms with Gasteiger partial charge in [0.25, 0.3) is 0 Å². The molecule has 1 saturated heterocycles. The van der Waals surface area contributed by atoms with Gasteiger partial charge in [0.15, 0.2) is 0 Å². The minimum Gasteiger partial charge on any atom is -0.480 e. The first-order valence-electron chi connectivity index (χ1n) is 5.61. The molecular weight excluding hydrogens is 218 g/mol. The maximum Gasteiger partial charge on any atom is 0.318 e. The molecule has 1 atom stereocenters. The summed E-state index contributed by atoms with van der Waals surface area (Å²) in [5, 5.41) is 9.08. The van der Waals surface area contributed by atoms with Crippen LogP contribution in [0, 0.1) is 5.41 Å². The Bertz CT molecular complexity index is 443. The normalized spacial score (nSPS) is 24.1. The van der Waals surface area contributed by atoms with Crippen LogP contribution in [0.5, 0.6) is 0 Å². The third-order valence-electron chi connectivity index (χ3n) is 3.33. The summed E-state index contributed by atoms with van der Waals surface area (Å²) < 4.78 is 0. The van der Waals surface area contributed by atoms with Gasteiger partial charge in [0.1, 0.15) is 5.41 Å². The Morgan fingerprint density at radius 1 is 1.41 bits per heavy atom. The SMILES string of the molecule is CC1(C(=O)O)CCN(Cc2ccccc2)C1=O. The Hall–Kier alpha value is -1.84. The van der Waals surface area contributed by atoms with E-state index >= 15 is 0 Å². The quantitative estimate of drug-likeness (QED) is 0.805. The van der Waals surface area contributed by atoms with Gasteiger partial charge in [0.2, 0.25) is 5.91 Å². The Labute approximate surface area is 99.9 Å². The van der Waals surface area contributed by atoms with Crippen molar-refractivity contribution < 1.29 is 14.7 Å². The average Bonchev–Trinajstić information content (AvgIpc) is 2.60. The molecule has 1 N–H and O–H groups in total. The van der Waals surface area contributed by atoms with E-state index in [9.17, 15) is 9.59 Å². The molecule has 1 aromatic carbocycles. The molecule has 0 bridgehead atoms. The molecule has 1 heterocycles. The van der Waals surface area contributed by atoms with Gasteiger partial charge in [0.05, 0.1) is 0 Å². The molecule has 90 valence electrons. The average molecular weight is 233 g/mol. The summed E-state index contributed by atoms with van der Waals surface area (Å²) in [5.74, 6) is -1.31. The van der Waals surface area contributed by atoms with Crippen molar-refractivity contribution >= 4 is 11.9 Å². The summed E-state index contributed by atoms with van der Waals surface area (Å²) in [4.78, 5) is 24.7. The van der Waals surface area contributed by atoms with E-state index in [4.69, 9.17) is 5.11 Å². The Balaban J connectivity index is 2.11. The number of likely N-dealkylation sites (tertiary alicyclic amines) is 1. The van der Waals surface area contributed by atoms with E-state index in [0.717, 1.165) is 5.56 Å². The fraction of sp³-hybridized carbons (Fsp3) is 0.385. The van der Waals surface area contributed by atoms with Crippen LogP contribution in [0.1, 0.15) is 18.9 Å². The number of benzene rings is 1. The zero-order chi connectivity index (χ0) is 12.5. The summed E-state index contributed by atoms with van der Waals surface area (Å²) in [5.41, 5.74) is -0.218. The van der Waals surface area contributed by atoms with Gasteiger partial charge in [-0.05, 0) is 18.9 Å². The van der Waals surface area contributed by atoms with E-state index in [1.807, 2.05) is 30.3 Å². The van der Waals surface area contributed by atoms with Crippen molar-refractivity contribution in [3.8, 4) is 0 Å². The maximum atomic E-state index is 12.0. The van der Waals surface area contributed by atoms with Crippen molar-refractivity contribution in [2.45, 2.75) is 19.9 Å². The molecule has 4 nitrogen and oxygen atoms in total. The number of carboxylic acid groups (broad SMARTS) is 1. The lowest BCUT2D eigenvalue weighted by atomic mass is 9.89. The molecule has 1 unspecified atom stereocenters. The number of aliphatic carboxylic acids is 1. The summed E-state index contributed by atoms with van der Waals surface area (Å²) >= 11 is 0. The lowest BCUT2D eigenvalue weighted by molar-refractivity contribution is -0.155. The van der Waals surface area contributed by atoms with Gasteiger partial charge in [-0.15, -0.1) is 0 Å². The standard InChI is InChI=1S/C13H15NO3/c1-13(12(16)17)7-8-14(11(13)15)9-10-5-3-2-4-6-10/h2-6H,7-9H2,1H3,(H,16,17). The van der Waals surface area contributed by atoms with Crippen molar-refractivity contribution in [2.24, 2.45) is 5.41 Å². The molecule has 0 aliphatic carbocycles. The molecule has 1 fully saturated rings. The molecule has 2 rings (SSSR count). The Kier molecular flexibility index (Phi) is 2.88. The molecule has 4 heteroatoms. The number of amides is 1. The fourth-order valence-corrected chi connectivity index (χ4v) is 2.07. The van der Waals surface area contributed by atoms with Gasteiger partial charge in [0, 0.05) is 13.1 Å². The molecule has 0 saturated carbocycles. The molecule has 0 aromatic heterocycles. The van der Waals surface area contributed by atoms with E-state index in [-0.39, 0.29) is 5.91 Å². The third-order valence-corrected chi connectivity index (χ3v) is 3.33. The molecule has 1 amide bonds. The number of hydrogen-bond acceptors (Lipinski definition) is 2. The van der Waals surface area contributed by atoms with E-state index < -0.39 is 11.4 Å². The highest BCUT2D eigenvalue weighted by Crippen LogP contribution is 2.32. The number of carbonyl (C=O) groups excluding carboxylic acids is 1. The van der Waals surface area contributed by atoms with Gasteiger partial charge in [-0.2, -0.15) is 0 Å². The second-order valence-corrected chi connectivity index (χ2v) is 4.60. The highest BCUT2D eigenvalue weighted by Gasteiger charge is 2.48. The first-order chi connectivity index (χ1) is 8.04. The summed E-state index contributed by atoms with van der Waals surface area (Å²) in [6.07, 6.45) is 0.383. The van der Waals surface area contributed by atoms with Crippen molar-refractivity contribution in [1.29, 1.82) is 0 Å². The van der Waals surface area contributed by atoms with Crippen LogP contribution in [0.2, 0.25) is 0 Å². The molecule has 17 heavy (non-hydrogen) atoms. The van der Waals surface area contributed by atoms with Crippen LogP contribution in [0.25, 0.3) is 0 Å². The second kappa shape index (κ2) is 4.20. The van der Waals surface area contributed by atoms with Gasteiger partial charge in [-0.1, -0.05) is 30.3 Å². The van der Waals surface area contributed by atoms with Crippen LogP contribution >= 0.6 is 0 Å². The van der Waals surface area contributed by atoms with Gasteiger partial charge < -0.3 is 10.0 Å². The number of rotatable bonds is 3. The van der Waals surface area contributed by atoms with E-state index in [1.54, 1.807) is 4.90 Å². The number of carboxylic acids is 1. The van der Waals surface area contributed by atoms with Crippen LogP contribution in [-0.4, -0.2) is 28.4 Å². The highest BCUT2D eigenvalue weighted by molar-refractivity contribution is 6.02. The van der Waals surface area contributed by atoms with Gasteiger partial charge >= 0.3 is 5.97 Å². The predicted molar refractivity (Wildman–Crippen MR) is 62.2 cm³/mol. The van der Waals surface area contributed by atoms with Crippen molar-refractivity contribution in [1.82, 2.24) is 4.90 Å². The van der Waals surface area contributed by atoms with E-state index in [1.165, 1.54) is 6.92 Å². The highest BCUT2D eigenvalue weighted by atomic mass is 16.4. The zero-order valence-corrected chi connectivity index (χ0v) is 9.72. The summed E-state index contributed by atoms with van der Waals surface area (Å²) in [6.45, 7) is 2.50. The topological polar surface area (TPSA) is 57.6 Å². The number of carbonyl (C=O) groups is 2. The third kappa shape index (κ3) is 2.02. The van der Waals surface area contributed by atoms with Crippen LogP contribution in [0.15, 0.2) is 30.3 Å².